The molecule has 7 atom stereocenters. The molecule has 2 nitrogen and oxygen atoms in total. The number of rotatable bonds is 6. The van der Waals surface area contributed by atoms with E-state index in [2.05, 4.69) is 47.6 Å². The zero-order chi connectivity index (χ0) is 23.3. The van der Waals surface area contributed by atoms with Crippen molar-refractivity contribution in [1.29, 1.82) is 0 Å². The number of carbonyl (C=O) groups is 1. The van der Waals surface area contributed by atoms with Crippen molar-refractivity contribution in [2.75, 3.05) is 0 Å². The molecule has 4 aliphatic carbocycles. The second-order valence-electron chi connectivity index (χ2n) is 12.8. The maximum absolute atomic E-state index is 11.6. The third-order valence-electron chi connectivity index (χ3n) is 10.6. The Balaban J connectivity index is 1.53. The van der Waals surface area contributed by atoms with Crippen LogP contribution >= 0.6 is 0 Å². The van der Waals surface area contributed by atoms with Gasteiger partial charge in [-0.15, -0.1) is 0 Å². The smallest absolute Gasteiger partial charge is 0.307 e. The number of hydrogen-bond donors (Lipinski definition) is 0. The molecule has 0 bridgehead atoms. The standard InChI is InChI=1S/C30H48O2/c1-19(2)9-8-10-20(3)24-13-14-26-23-11-12-25-21(4)28(32-22(5)31)16-18-30(25,7)27(23)15-17-29(24,26)6/h12,19-20,23-24,26-27H,8-11,13-18H2,1-7H3. The van der Waals surface area contributed by atoms with Crippen molar-refractivity contribution in [2.45, 2.75) is 113 Å². The maximum atomic E-state index is 11.6. The van der Waals surface area contributed by atoms with Crippen LogP contribution < -0.4 is 0 Å². The fourth-order valence-corrected chi connectivity index (χ4v) is 9.03. The van der Waals surface area contributed by atoms with Crippen molar-refractivity contribution in [3.8, 4) is 0 Å². The van der Waals surface area contributed by atoms with Gasteiger partial charge in [0, 0.05) is 13.3 Å². The lowest BCUT2D eigenvalue weighted by atomic mass is 9.47. The monoisotopic (exact) mass is 440 g/mol. The molecule has 0 aliphatic heterocycles. The molecule has 0 saturated heterocycles. The minimum atomic E-state index is -0.176. The van der Waals surface area contributed by atoms with Crippen LogP contribution in [-0.4, -0.2) is 5.97 Å². The fourth-order valence-electron chi connectivity index (χ4n) is 9.03. The maximum Gasteiger partial charge on any atom is 0.307 e. The van der Waals surface area contributed by atoms with Crippen molar-refractivity contribution in [1.82, 2.24) is 0 Å². The lowest BCUT2D eigenvalue weighted by Crippen LogP contribution is -2.50. The molecule has 32 heavy (non-hydrogen) atoms. The van der Waals surface area contributed by atoms with Crippen LogP contribution in [0.5, 0.6) is 0 Å². The molecule has 2 heteroatoms. The quantitative estimate of drug-likeness (QED) is 0.387. The average molecular weight is 441 g/mol. The summed E-state index contributed by atoms with van der Waals surface area (Å²) in [6, 6.07) is 0. The zero-order valence-electron chi connectivity index (χ0n) is 21.9. The van der Waals surface area contributed by atoms with E-state index in [1.54, 1.807) is 0 Å². The van der Waals surface area contributed by atoms with Crippen LogP contribution in [0.2, 0.25) is 0 Å². The molecule has 4 rings (SSSR count). The summed E-state index contributed by atoms with van der Waals surface area (Å²) in [7, 11) is 0. The average Bonchev–Trinajstić information content (AvgIpc) is 3.07. The number of carbonyl (C=O) groups excluding carboxylic acids is 1. The molecule has 0 heterocycles. The van der Waals surface area contributed by atoms with Crippen LogP contribution in [0, 0.1) is 46.3 Å². The van der Waals surface area contributed by atoms with E-state index >= 15 is 0 Å². The Hall–Kier alpha value is -1.05. The normalized spacial score (nSPS) is 39.8. The van der Waals surface area contributed by atoms with Gasteiger partial charge in [0.1, 0.15) is 5.76 Å². The summed E-state index contributed by atoms with van der Waals surface area (Å²) in [4.78, 5) is 11.6. The van der Waals surface area contributed by atoms with Crippen molar-refractivity contribution in [2.24, 2.45) is 46.3 Å². The molecule has 180 valence electrons. The largest absolute Gasteiger partial charge is 0.431 e. The summed E-state index contributed by atoms with van der Waals surface area (Å²) in [6.07, 6.45) is 15.8. The van der Waals surface area contributed by atoms with E-state index in [1.165, 1.54) is 69.4 Å². The molecule has 0 N–H and O–H groups in total. The van der Waals surface area contributed by atoms with Crippen molar-refractivity contribution in [3.05, 3.63) is 23.0 Å². The molecular weight excluding hydrogens is 392 g/mol. The SMILES string of the molecule is CC(=O)OC1=C(C)C2=CCC3C(CCC4(C)C(C(C)CCCC(C)C)CCC34)C2(C)CC1. The minimum absolute atomic E-state index is 0.176. The molecule has 0 aromatic carbocycles. The van der Waals surface area contributed by atoms with Crippen molar-refractivity contribution in [3.63, 3.8) is 0 Å². The predicted molar refractivity (Wildman–Crippen MR) is 133 cm³/mol. The van der Waals surface area contributed by atoms with Crippen LogP contribution in [0.15, 0.2) is 23.0 Å². The molecule has 7 unspecified atom stereocenters. The Morgan fingerprint density at radius 1 is 1.09 bits per heavy atom. The van der Waals surface area contributed by atoms with E-state index < -0.39 is 0 Å². The highest BCUT2D eigenvalue weighted by atomic mass is 16.5. The number of fused-ring (bicyclic) bond motifs is 5. The summed E-state index contributed by atoms with van der Waals surface area (Å²) < 4.78 is 5.61. The first kappa shape index (κ1) is 24.1. The third-order valence-corrected chi connectivity index (χ3v) is 10.6. The van der Waals surface area contributed by atoms with Crippen molar-refractivity contribution < 1.29 is 9.53 Å². The molecule has 0 spiro atoms. The Bertz CT molecular complexity index is 789. The second-order valence-corrected chi connectivity index (χ2v) is 12.8. The lowest BCUT2D eigenvalue weighted by Gasteiger charge is -2.58. The Morgan fingerprint density at radius 2 is 1.84 bits per heavy atom. The topological polar surface area (TPSA) is 26.3 Å². The first-order chi connectivity index (χ1) is 15.1. The van der Waals surface area contributed by atoms with Gasteiger partial charge in [0.2, 0.25) is 0 Å². The third kappa shape index (κ3) is 4.03. The van der Waals surface area contributed by atoms with Crippen LogP contribution in [0.3, 0.4) is 0 Å². The van der Waals surface area contributed by atoms with Crippen LogP contribution in [0.4, 0.5) is 0 Å². The highest BCUT2D eigenvalue weighted by Gasteiger charge is 2.59. The van der Waals surface area contributed by atoms with Gasteiger partial charge in [-0.3, -0.25) is 4.79 Å². The van der Waals surface area contributed by atoms with Crippen LogP contribution in [0.1, 0.15) is 113 Å². The predicted octanol–water partition coefficient (Wildman–Crippen LogP) is 8.47. The van der Waals surface area contributed by atoms with Gasteiger partial charge in [-0.1, -0.05) is 60.0 Å². The Morgan fingerprint density at radius 3 is 2.53 bits per heavy atom. The Kier molecular flexibility index (Phi) is 6.74. The molecule has 0 radical (unpaired) electrons. The van der Waals surface area contributed by atoms with E-state index in [0.29, 0.717) is 5.41 Å². The summed E-state index contributed by atoms with van der Waals surface area (Å²) in [5.74, 6) is 5.92. The highest BCUT2D eigenvalue weighted by molar-refractivity contribution is 5.68. The van der Waals surface area contributed by atoms with Gasteiger partial charge >= 0.3 is 5.97 Å². The number of allylic oxidation sites excluding steroid dienone is 4. The van der Waals surface area contributed by atoms with Crippen molar-refractivity contribution >= 4 is 5.97 Å². The summed E-state index contributed by atoms with van der Waals surface area (Å²) in [5, 5.41) is 0. The summed E-state index contributed by atoms with van der Waals surface area (Å²) in [6.45, 7) is 16.2. The van der Waals surface area contributed by atoms with E-state index in [4.69, 9.17) is 4.74 Å². The molecule has 4 aliphatic rings. The zero-order valence-corrected chi connectivity index (χ0v) is 21.9. The van der Waals surface area contributed by atoms with Crippen LogP contribution in [-0.2, 0) is 9.53 Å². The lowest BCUT2D eigenvalue weighted by molar-refractivity contribution is -0.137. The number of hydrogen-bond acceptors (Lipinski definition) is 2. The second kappa shape index (κ2) is 8.95. The van der Waals surface area contributed by atoms with Gasteiger partial charge in [0.25, 0.3) is 0 Å². The number of esters is 1. The summed E-state index contributed by atoms with van der Waals surface area (Å²) >= 11 is 0. The van der Waals surface area contributed by atoms with E-state index in [9.17, 15) is 4.79 Å². The fraction of sp³-hybridized carbons (Fsp3) is 0.833. The molecule has 0 aromatic rings. The molecular formula is C30H48O2. The van der Waals surface area contributed by atoms with Crippen LogP contribution in [0.25, 0.3) is 0 Å². The number of ether oxygens (including phenoxy) is 1. The molecule has 2 fully saturated rings. The first-order valence-corrected chi connectivity index (χ1v) is 13.7. The van der Waals surface area contributed by atoms with Gasteiger partial charge in [-0.25, -0.2) is 0 Å². The molecule has 2 saturated carbocycles. The molecule has 0 amide bonds. The van der Waals surface area contributed by atoms with E-state index in [-0.39, 0.29) is 11.4 Å². The Labute approximate surface area is 197 Å². The van der Waals surface area contributed by atoms with Gasteiger partial charge in [0.05, 0.1) is 0 Å². The minimum Gasteiger partial charge on any atom is -0.431 e. The van der Waals surface area contributed by atoms with Gasteiger partial charge in [-0.2, -0.15) is 0 Å². The summed E-state index contributed by atoms with van der Waals surface area (Å²) in [5.41, 5.74) is 3.56. The van der Waals surface area contributed by atoms with E-state index in [0.717, 1.165) is 54.1 Å². The first-order valence-electron chi connectivity index (χ1n) is 13.7. The molecule has 0 aromatic heterocycles. The van der Waals surface area contributed by atoms with Gasteiger partial charge < -0.3 is 4.74 Å². The van der Waals surface area contributed by atoms with Gasteiger partial charge in [0.15, 0.2) is 0 Å². The highest BCUT2D eigenvalue weighted by Crippen LogP contribution is 2.67. The van der Waals surface area contributed by atoms with E-state index in [1.807, 2.05) is 0 Å². The van der Waals surface area contributed by atoms with Gasteiger partial charge in [-0.05, 0) is 103 Å².